The third kappa shape index (κ3) is 2.84. The van der Waals surface area contributed by atoms with E-state index in [2.05, 4.69) is 10.3 Å². The summed E-state index contributed by atoms with van der Waals surface area (Å²) in [4.78, 5) is 0. The molecule has 0 atom stereocenters. The van der Waals surface area contributed by atoms with Crippen molar-refractivity contribution in [1.29, 1.82) is 0 Å². The lowest BCUT2D eigenvalue weighted by molar-refractivity contribution is -0.140. The number of hydrogen-bond acceptors (Lipinski definition) is 3. The third-order valence-corrected chi connectivity index (χ3v) is 2.91. The standard InChI is InChI=1S/C13H14F4N4/c1-12(2,3)10-11(18)19-20-21(10)7-4-5-9(14)8(6-7)13(15,16)17/h4-6H,18H2,1-3H3. The summed E-state index contributed by atoms with van der Waals surface area (Å²) in [5, 5.41) is 7.45. The molecule has 21 heavy (non-hydrogen) atoms. The zero-order chi connectivity index (χ0) is 16.0. The van der Waals surface area contributed by atoms with Gasteiger partial charge in [0.25, 0.3) is 0 Å². The minimum absolute atomic E-state index is 0.0536. The lowest BCUT2D eigenvalue weighted by atomic mass is 9.91. The van der Waals surface area contributed by atoms with Gasteiger partial charge < -0.3 is 5.73 Å². The second-order valence-corrected chi connectivity index (χ2v) is 5.65. The SMILES string of the molecule is CC(C)(C)c1c(N)nnn1-c1ccc(F)c(C(F)(F)F)c1. The molecule has 2 N–H and O–H groups in total. The Bertz CT molecular complexity index is 668. The minimum Gasteiger partial charge on any atom is -0.381 e. The van der Waals surface area contributed by atoms with Gasteiger partial charge >= 0.3 is 6.18 Å². The number of halogens is 4. The quantitative estimate of drug-likeness (QED) is 0.822. The second-order valence-electron chi connectivity index (χ2n) is 5.65. The molecule has 1 aromatic heterocycles. The van der Waals surface area contributed by atoms with Gasteiger partial charge in [0, 0.05) is 5.41 Å². The average Bonchev–Trinajstić information content (AvgIpc) is 2.70. The van der Waals surface area contributed by atoms with Crippen LogP contribution < -0.4 is 5.73 Å². The maximum atomic E-state index is 13.3. The first-order valence-corrected chi connectivity index (χ1v) is 6.10. The van der Waals surface area contributed by atoms with E-state index in [0.717, 1.165) is 6.07 Å². The van der Waals surface area contributed by atoms with Crippen LogP contribution in [0, 0.1) is 5.82 Å². The number of hydrogen-bond donors (Lipinski definition) is 1. The van der Waals surface area contributed by atoms with Gasteiger partial charge in [-0.2, -0.15) is 13.2 Å². The van der Waals surface area contributed by atoms with Crippen molar-refractivity contribution >= 4 is 5.82 Å². The van der Waals surface area contributed by atoms with Crippen molar-refractivity contribution in [2.45, 2.75) is 32.4 Å². The molecule has 0 aliphatic heterocycles. The van der Waals surface area contributed by atoms with Crippen LogP contribution in [0.25, 0.3) is 5.69 Å². The fraction of sp³-hybridized carbons (Fsp3) is 0.385. The summed E-state index contributed by atoms with van der Waals surface area (Å²) >= 11 is 0. The zero-order valence-corrected chi connectivity index (χ0v) is 11.7. The van der Waals surface area contributed by atoms with E-state index in [1.165, 1.54) is 10.7 Å². The predicted octanol–water partition coefficient (Wildman–Crippen LogP) is 3.30. The van der Waals surface area contributed by atoms with Crippen LogP contribution in [0.5, 0.6) is 0 Å². The number of nitrogens with two attached hydrogens (primary N) is 1. The largest absolute Gasteiger partial charge is 0.419 e. The Morgan fingerprint density at radius 2 is 1.76 bits per heavy atom. The van der Waals surface area contributed by atoms with E-state index in [4.69, 9.17) is 5.73 Å². The van der Waals surface area contributed by atoms with Gasteiger partial charge in [0.05, 0.1) is 16.9 Å². The Hall–Kier alpha value is -2.12. The van der Waals surface area contributed by atoms with Crippen LogP contribution in [0.2, 0.25) is 0 Å². The molecule has 0 unspecified atom stereocenters. The molecule has 0 spiro atoms. The van der Waals surface area contributed by atoms with Gasteiger partial charge in [-0.3, -0.25) is 0 Å². The molecule has 4 nitrogen and oxygen atoms in total. The van der Waals surface area contributed by atoms with Gasteiger partial charge in [-0.1, -0.05) is 26.0 Å². The molecule has 2 aromatic rings. The Labute approximate surface area is 118 Å². The van der Waals surface area contributed by atoms with Gasteiger partial charge in [0.15, 0.2) is 5.82 Å². The summed E-state index contributed by atoms with van der Waals surface area (Å²) < 4.78 is 52.9. The van der Waals surface area contributed by atoms with Crippen molar-refractivity contribution in [3.63, 3.8) is 0 Å². The van der Waals surface area contributed by atoms with Crippen LogP contribution in [-0.2, 0) is 11.6 Å². The summed E-state index contributed by atoms with van der Waals surface area (Å²) in [6.07, 6.45) is -4.78. The van der Waals surface area contributed by atoms with Crippen LogP contribution >= 0.6 is 0 Å². The first kappa shape index (κ1) is 15.3. The van der Waals surface area contributed by atoms with Crippen molar-refractivity contribution in [1.82, 2.24) is 15.0 Å². The second kappa shape index (κ2) is 4.71. The number of nitrogens with zero attached hydrogens (tertiary/aromatic N) is 3. The molecule has 1 aromatic carbocycles. The summed E-state index contributed by atoms with van der Waals surface area (Å²) in [6, 6.07) is 2.65. The fourth-order valence-electron chi connectivity index (χ4n) is 2.04. The van der Waals surface area contributed by atoms with Crippen LogP contribution in [0.1, 0.15) is 32.0 Å². The molecule has 0 fully saturated rings. The first-order valence-electron chi connectivity index (χ1n) is 6.10. The highest BCUT2D eigenvalue weighted by atomic mass is 19.4. The van der Waals surface area contributed by atoms with E-state index >= 15 is 0 Å². The molecule has 0 bridgehead atoms. The number of aromatic nitrogens is 3. The van der Waals surface area contributed by atoms with Gasteiger partial charge in [-0.15, -0.1) is 5.10 Å². The van der Waals surface area contributed by atoms with Crippen LogP contribution in [0.15, 0.2) is 18.2 Å². The number of benzene rings is 1. The van der Waals surface area contributed by atoms with Gasteiger partial charge in [-0.05, 0) is 18.2 Å². The van der Waals surface area contributed by atoms with E-state index in [-0.39, 0.29) is 11.5 Å². The van der Waals surface area contributed by atoms with Crippen LogP contribution in [0.3, 0.4) is 0 Å². The smallest absolute Gasteiger partial charge is 0.381 e. The Morgan fingerprint density at radius 1 is 1.14 bits per heavy atom. The Kier molecular flexibility index (Phi) is 3.43. The van der Waals surface area contributed by atoms with Gasteiger partial charge in [0.2, 0.25) is 0 Å². The third-order valence-electron chi connectivity index (χ3n) is 2.91. The molecular weight excluding hydrogens is 288 g/mol. The molecule has 0 aliphatic rings. The summed E-state index contributed by atoms with van der Waals surface area (Å²) in [7, 11) is 0. The predicted molar refractivity (Wildman–Crippen MR) is 69.4 cm³/mol. The first-order chi connectivity index (χ1) is 9.51. The molecule has 114 valence electrons. The Balaban J connectivity index is 2.65. The molecule has 0 radical (unpaired) electrons. The number of rotatable bonds is 1. The molecule has 0 aliphatic carbocycles. The van der Waals surface area contributed by atoms with E-state index in [9.17, 15) is 17.6 Å². The molecule has 8 heteroatoms. The maximum Gasteiger partial charge on any atom is 0.419 e. The summed E-state index contributed by atoms with van der Waals surface area (Å²) in [5.74, 6) is -1.21. The van der Waals surface area contributed by atoms with E-state index in [1.54, 1.807) is 0 Å². The van der Waals surface area contributed by atoms with Crippen molar-refractivity contribution in [3.8, 4) is 5.69 Å². The molecule has 0 amide bonds. The lowest BCUT2D eigenvalue weighted by Gasteiger charge is -2.20. The van der Waals surface area contributed by atoms with Gasteiger partial charge in [-0.25, -0.2) is 9.07 Å². The summed E-state index contributed by atoms with van der Waals surface area (Å²) in [6.45, 7) is 5.48. The van der Waals surface area contributed by atoms with Crippen molar-refractivity contribution in [2.75, 3.05) is 5.73 Å². The van der Waals surface area contributed by atoms with Crippen molar-refractivity contribution in [2.24, 2.45) is 0 Å². The summed E-state index contributed by atoms with van der Waals surface area (Å²) in [5.41, 5.74) is 4.40. The highest BCUT2D eigenvalue weighted by molar-refractivity contribution is 5.46. The van der Waals surface area contributed by atoms with E-state index < -0.39 is 23.0 Å². The number of nitrogen functional groups attached to an aromatic ring is 1. The topological polar surface area (TPSA) is 56.7 Å². The minimum atomic E-state index is -4.78. The van der Waals surface area contributed by atoms with Crippen molar-refractivity contribution in [3.05, 3.63) is 35.3 Å². The zero-order valence-electron chi connectivity index (χ0n) is 11.7. The molecule has 0 saturated heterocycles. The molecule has 2 rings (SSSR count). The molecule has 1 heterocycles. The van der Waals surface area contributed by atoms with E-state index in [0.29, 0.717) is 11.8 Å². The Morgan fingerprint density at radius 3 is 2.29 bits per heavy atom. The highest BCUT2D eigenvalue weighted by Gasteiger charge is 2.35. The van der Waals surface area contributed by atoms with Crippen molar-refractivity contribution < 1.29 is 17.6 Å². The van der Waals surface area contributed by atoms with Gasteiger partial charge in [0.1, 0.15) is 5.82 Å². The van der Waals surface area contributed by atoms with Crippen LogP contribution in [-0.4, -0.2) is 15.0 Å². The number of anilines is 1. The maximum absolute atomic E-state index is 13.3. The number of alkyl halides is 3. The molecular formula is C13H14F4N4. The molecule has 0 saturated carbocycles. The normalized spacial score (nSPS) is 12.7. The van der Waals surface area contributed by atoms with Crippen LogP contribution in [0.4, 0.5) is 23.4 Å². The lowest BCUT2D eigenvalue weighted by Crippen LogP contribution is -2.19. The average molecular weight is 302 g/mol. The monoisotopic (exact) mass is 302 g/mol. The van der Waals surface area contributed by atoms with E-state index in [1.807, 2.05) is 20.8 Å². The highest BCUT2D eigenvalue weighted by Crippen LogP contribution is 2.34. The fourth-order valence-corrected chi connectivity index (χ4v) is 2.04.